The Morgan fingerprint density at radius 2 is 2.00 bits per heavy atom. The molecular formula is C17H22ClN3O3. The zero-order valence-electron chi connectivity index (χ0n) is 14.0. The SMILES string of the molecule is CC[C@](C)(Cn1c(=O)[nH]c2cc(Cl)ccc2c1=O)N1CCOCC1. The van der Waals surface area contributed by atoms with Crippen molar-refractivity contribution in [2.24, 2.45) is 0 Å². The molecule has 0 bridgehead atoms. The molecule has 1 saturated heterocycles. The molecule has 0 spiro atoms. The summed E-state index contributed by atoms with van der Waals surface area (Å²) in [6, 6.07) is 4.92. The Morgan fingerprint density at radius 3 is 2.67 bits per heavy atom. The molecule has 7 heteroatoms. The minimum absolute atomic E-state index is 0.277. The molecule has 0 amide bonds. The summed E-state index contributed by atoms with van der Waals surface area (Å²) in [6.45, 7) is 7.48. The van der Waals surface area contributed by atoms with Gasteiger partial charge in [0.1, 0.15) is 0 Å². The molecule has 0 aliphatic carbocycles. The van der Waals surface area contributed by atoms with Gasteiger partial charge in [0, 0.05) is 30.2 Å². The Hall–Kier alpha value is -1.63. The van der Waals surface area contributed by atoms with Gasteiger partial charge in [0.15, 0.2) is 0 Å². The van der Waals surface area contributed by atoms with Gasteiger partial charge in [-0.3, -0.25) is 14.3 Å². The van der Waals surface area contributed by atoms with Crippen molar-refractivity contribution in [3.05, 3.63) is 44.1 Å². The zero-order chi connectivity index (χ0) is 17.3. The van der Waals surface area contributed by atoms with Gasteiger partial charge in [-0.05, 0) is 31.5 Å². The van der Waals surface area contributed by atoms with E-state index in [2.05, 4.69) is 23.7 Å². The number of morpholine rings is 1. The van der Waals surface area contributed by atoms with Crippen LogP contribution in [0.15, 0.2) is 27.8 Å². The third-order valence-corrected chi connectivity index (χ3v) is 5.21. The number of hydrogen-bond donors (Lipinski definition) is 1. The first kappa shape index (κ1) is 17.2. The molecule has 1 aromatic heterocycles. The van der Waals surface area contributed by atoms with Crippen LogP contribution in [0.25, 0.3) is 10.9 Å². The lowest BCUT2D eigenvalue weighted by atomic mass is 9.95. The monoisotopic (exact) mass is 351 g/mol. The summed E-state index contributed by atoms with van der Waals surface area (Å²) >= 11 is 5.94. The van der Waals surface area contributed by atoms with Crippen LogP contribution in [0.3, 0.4) is 0 Å². The van der Waals surface area contributed by atoms with Gasteiger partial charge in [0.05, 0.1) is 24.1 Å². The largest absolute Gasteiger partial charge is 0.379 e. The number of rotatable bonds is 4. The molecule has 2 heterocycles. The van der Waals surface area contributed by atoms with E-state index >= 15 is 0 Å². The van der Waals surface area contributed by atoms with Gasteiger partial charge in [0.2, 0.25) is 0 Å². The molecule has 1 aliphatic rings. The molecule has 1 aliphatic heterocycles. The highest BCUT2D eigenvalue weighted by Gasteiger charge is 2.32. The van der Waals surface area contributed by atoms with Crippen LogP contribution in [0.2, 0.25) is 5.02 Å². The van der Waals surface area contributed by atoms with Crippen molar-refractivity contribution >= 4 is 22.5 Å². The van der Waals surface area contributed by atoms with Gasteiger partial charge in [-0.1, -0.05) is 18.5 Å². The Morgan fingerprint density at radius 1 is 1.29 bits per heavy atom. The van der Waals surface area contributed by atoms with Gasteiger partial charge < -0.3 is 9.72 Å². The molecular weight excluding hydrogens is 330 g/mol. The number of nitrogens with zero attached hydrogens (tertiary/aromatic N) is 2. The fourth-order valence-corrected chi connectivity index (χ4v) is 3.42. The number of fused-ring (bicyclic) bond motifs is 1. The van der Waals surface area contributed by atoms with E-state index in [0.717, 1.165) is 19.5 Å². The predicted octanol–water partition coefficient (Wildman–Crippen LogP) is 1.84. The van der Waals surface area contributed by atoms with Crippen molar-refractivity contribution in [2.45, 2.75) is 32.4 Å². The first-order valence-corrected chi connectivity index (χ1v) is 8.57. The highest BCUT2D eigenvalue weighted by molar-refractivity contribution is 6.31. The van der Waals surface area contributed by atoms with E-state index in [1.54, 1.807) is 18.2 Å². The van der Waals surface area contributed by atoms with Crippen LogP contribution in [0.1, 0.15) is 20.3 Å². The Kier molecular flexibility index (Phi) is 4.80. The highest BCUT2D eigenvalue weighted by Crippen LogP contribution is 2.22. The van der Waals surface area contributed by atoms with E-state index in [1.165, 1.54) is 4.57 Å². The van der Waals surface area contributed by atoms with Gasteiger partial charge in [-0.2, -0.15) is 0 Å². The molecule has 1 atom stereocenters. The molecule has 1 aromatic carbocycles. The lowest BCUT2D eigenvalue weighted by Gasteiger charge is -2.43. The molecule has 0 saturated carbocycles. The van der Waals surface area contributed by atoms with E-state index in [1.807, 2.05) is 0 Å². The maximum atomic E-state index is 12.8. The predicted molar refractivity (Wildman–Crippen MR) is 94.9 cm³/mol. The van der Waals surface area contributed by atoms with E-state index in [-0.39, 0.29) is 11.1 Å². The van der Waals surface area contributed by atoms with Crippen molar-refractivity contribution in [3.8, 4) is 0 Å². The fourth-order valence-electron chi connectivity index (χ4n) is 3.25. The Balaban J connectivity index is 2.03. The standard InChI is InChI=1S/C17H22ClN3O3/c1-3-17(2,20-6-8-24-9-7-20)11-21-15(22)13-5-4-12(18)10-14(13)19-16(21)23/h4-5,10H,3,6-9,11H2,1-2H3,(H,19,23)/t17-/m1/s1. The zero-order valence-corrected chi connectivity index (χ0v) is 14.7. The van der Waals surface area contributed by atoms with Gasteiger partial charge in [0.25, 0.3) is 5.56 Å². The normalized spacial score (nSPS) is 18.6. The third-order valence-electron chi connectivity index (χ3n) is 4.98. The number of halogens is 1. The van der Waals surface area contributed by atoms with Crippen LogP contribution >= 0.6 is 11.6 Å². The van der Waals surface area contributed by atoms with Crippen molar-refractivity contribution in [2.75, 3.05) is 26.3 Å². The number of H-pyrrole nitrogens is 1. The first-order chi connectivity index (χ1) is 11.4. The molecule has 1 fully saturated rings. The van der Waals surface area contributed by atoms with Crippen molar-refractivity contribution in [3.63, 3.8) is 0 Å². The summed E-state index contributed by atoms with van der Waals surface area (Å²) in [5.41, 5.74) is -0.486. The number of benzene rings is 1. The van der Waals surface area contributed by atoms with Gasteiger partial charge in [-0.15, -0.1) is 0 Å². The lowest BCUT2D eigenvalue weighted by molar-refractivity contribution is -0.0247. The number of nitrogens with one attached hydrogen (secondary N) is 1. The number of ether oxygens (including phenoxy) is 1. The van der Waals surface area contributed by atoms with Crippen LogP contribution < -0.4 is 11.2 Å². The minimum atomic E-state index is -0.400. The summed E-state index contributed by atoms with van der Waals surface area (Å²) in [7, 11) is 0. The molecule has 2 aromatic rings. The number of aromatic amines is 1. The van der Waals surface area contributed by atoms with Crippen molar-refractivity contribution in [1.82, 2.24) is 14.5 Å². The molecule has 130 valence electrons. The van der Waals surface area contributed by atoms with Crippen molar-refractivity contribution < 1.29 is 4.74 Å². The Labute approximate surface area is 145 Å². The molecule has 0 radical (unpaired) electrons. The first-order valence-electron chi connectivity index (χ1n) is 8.20. The second kappa shape index (κ2) is 6.70. The highest BCUT2D eigenvalue weighted by atomic mass is 35.5. The summed E-state index contributed by atoms with van der Waals surface area (Å²) in [5, 5.41) is 0.960. The van der Waals surface area contributed by atoms with Crippen LogP contribution in [0.4, 0.5) is 0 Å². The minimum Gasteiger partial charge on any atom is -0.379 e. The second-order valence-electron chi connectivity index (χ2n) is 6.46. The molecule has 6 nitrogen and oxygen atoms in total. The molecule has 3 rings (SSSR count). The van der Waals surface area contributed by atoms with Gasteiger partial charge in [-0.25, -0.2) is 4.79 Å². The second-order valence-corrected chi connectivity index (χ2v) is 6.90. The lowest BCUT2D eigenvalue weighted by Crippen LogP contribution is -2.56. The topological polar surface area (TPSA) is 67.3 Å². The average Bonchev–Trinajstić information content (AvgIpc) is 2.59. The fraction of sp³-hybridized carbons (Fsp3) is 0.529. The average molecular weight is 352 g/mol. The Bertz CT molecular complexity index is 854. The third kappa shape index (κ3) is 3.14. The summed E-state index contributed by atoms with van der Waals surface area (Å²) in [6.07, 6.45) is 0.831. The quantitative estimate of drug-likeness (QED) is 0.912. The summed E-state index contributed by atoms with van der Waals surface area (Å²) < 4.78 is 6.72. The van der Waals surface area contributed by atoms with E-state index in [0.29, 0.717) is 35.7 Å². The maximum absolute atomic E-state index is 12.8. The van der Waals surface area contributed by atoms with Crippen LogP contribution in [0, 0.1) is 0 Å². The van der Waals surface area contributed by atoms with Crippen LogP contribution in [-0.4, -0.2) is 46.3 Å². The van der Waals surface area contributed by atoms with Crippen LogP contribution in [0.5, 0.6) is 0 Å². The summed E-state index contributed by atoms with van der Waals surface area (Å²) in [4.78, 5) is 30.3. The molecule has 1 N–H and O–H groups in total. The molecule has 24 heavy (non-hydrogen) atoms. The van der Waals surface area contributed by atoms with Gasteiger partial charge >= 0.3 is 5.69 Å². The van der Waals surface area contributed by atoms with E-state index in [9.17, 15) is 9.59 Å². The maximum Gasteiger partial charge on any atom is 0.328 e. The van der Waals surface area contributed by atoms with E-state index < -0.39 is 5.69 Å². The summed E-state index contributed by atoms with van der Waals surface area (Å²) in [5.74, 6) is 0. The smallest absolute Gasteiger partial charge is 0.328 e. The van der Waals surface area contributed by atoms with Crippen LogP contribution in [-0.2, 0) is 11.3 Å². The van der Waals surface area contributed by atoms with Crippen molar-refractivity contribution in [1.29, 1.82) is 0 Å². The molecule has 0 unspecified atom stereocenters. The van der Waals surface area contributed by atoms with E-state index in [4.69, 9.17) is 16.3 Å². The number of aromatic nitrogens is 2. The number of hydrogen-bond acceptors (Lipinski definition) is 4.